The first kappa shape index (κ1) is 27.3. The number of rotatable bonds is 11. The van der Waals surface area contributed by atoms with Crippen LogP contribution in [0.3, 0.4) is 0 Å². The van der Waals surface area contributed by atoms with Crippen molar-refractivity contribution in [3.05, 3.63) is 35.6 Å². The Labute approximate surface area is 184 Å². The summed E-state index contributed by atoms with van der Waals surface area (Å²) in [5.74, 6) is -6.11. The zero-order chi connectivity index (χ0) is 23.8. The molecule has 1 aliphatic rings. The maximum absolute atomic E-state index is 14.1. The van der Waals surface area contributed by atoms with Gasteiger partial charge in [-0.3, -0.25) is 9.59 Å². The fourth-order valence-corrected chi connectivity index (χ4v) is 3.43. The summed E-state index contributed by atoms with van der Waals surface area (Å²) in [4.78, 5) is 27.2. The maximum Gasteiger partial charge on any atom is 0.270 e. The van der Waals surface area contributed by atoms with Crippen LogP contribution in [0.15, 0.2) is 35.6 Å². The molecule has 1 heterocycles. The SMILES string of the molecule is CC/C(=C\C(=C/C(C)C(F)P)C(C)(F)F)C1CC(=O)N(/C=C/C(=O)N(CC)CCF)C1. The van der Waals surface area contributed by atoms with E-state index in [9.17, 15) is 27.2 Å². The van der Waals surface area contributed by atoms with Gasteiger partial charge in [-0.1, -0.05) is 31.6 Å². The Morgan fingerprint density at radius 1 is 1.39 bits per heavy atom. The summed E-state index contributed by atoms with van der Waals surface area (Å²) < 4.78 is 54.3. The molecule has 0 aliphatic carbocycles. The van der Waals surface area contributed by atoms with Crippen molar-refractivity contribution in [3.8, 4) is 0 Å². The molecule has 31 heavy (non-hydrogen) atoms. The van der Waals surface area contributed by atoms with E-state index in [4.69, 9.17) is 0 Å². The Bertz CT molecular complexity index is 717. The molecule has 2 amide bonds. The second-order valence-corrected chi connectivity index (χ2v) is 8.39. The first-order valence-corrected chi connectivity index (χ1v) is 11.1. The number of likely N-dealkylation sites (N-methyl/N-ethyl adjacent to an activating group) is 1. The van der Waals surface area contributed by atoms with E-state index in [1.807, 2.05) is 16.2 Å². The summed E-state index contributed by atoms with van der Waals surface area (Å²) in [6, 6.07) is 0. The van der Waals surface area contributed by atoms with Gasteiger partial charge in [0, 0.05) is 62.7 Å². The molecule has 4 nitrogen and oxygen atoms in total. The zero-order valence-corrected chi connectivity index (χ0v) is 19.7. The van der Waals surface area contributed by atoms with E-state index < -0.39 is 30.3 Å². The molecule has 0 aromatic heterocycles. The van der Waals surface area contributed by atoms with Gasteiger partial charge in [0.05, 0.1) is 0 Å². The molecule has 0 saturated carbocycles. The van der Waals surface area contributed by atoms with Gasteiger partial charge in [-0.25, -0.2) is 17.6 Å². The maximum atomic E-state index is 14.1. The highest BCUT2D eigenvalue weighted by Gasteiger charge is 2.33. The van der Waals surface area contributed by atoms with Crippen LogP contribution < -0.4 is 0 Å². The summed E-state index contributed by atoms with van der Waals surface area (Å²) >= 11 is 0. The van der Waals surface area contributed by atoms with Gasteiger partial charge in [-0.05, 0) is 13.3 Å². The fourth-order valence-electron chi connectivity index (χ4n) is 3.31. The van der Waals surface area contributed by atoms with Gasteiger partial charge in [0.1, 0.15) is 12.6 Å². The van der Waals surface area contributed by atoms with E-state index in [0.29, 0.717) is 18.5 Å². The average molecular weight is 464 g/mol. The summed E-state index contributed by atoms with van der Waals surface area (Å²) in [7, 11) is 1.97. The van der Waals surface area contributed by atoms with Crippen LogP contribution in [0.1, 0.15) is 40.5 Å². The highest BCUT2D eigenvalue weighted by atomic mass is 31.0. The van der Waals surface area contributed by atoms with Gasteiger partial charge in [-0.2, -0.15) is 0 Å². The molecule has 0 bridgehead atoms. The lowest BCUT2D eigenvalue weighted by Gasteiger charge is -2.20. The monoisotopic (exact) mass is 464 g/mol. The molecule has 0 aromatic rings. The first-order valence-electron chi connectivity index (χ1n) is 10.5. The lowest BCUT2D eigenvalue weighted by molar-refractivity contribution is -0.126. The third-order valence-corrected chi connectivity index (χ3v) is 5.94. The van der Waals surface area contributed by atoms with Crippen LogP contribution in [0.5, 0.6) is 0 Å². The second kappa shape index (κ2) is 12.4. The lowest BCUT2D eigenvalue weighted by atomic mass is 9.91. The lowest BCUT2D eigenvalue weighted by Crippen LogP contribution is -2.31. The normalized spacial score (nSPS) is 20.5. The smallest absolute Gasteiger partial charge is 0.270 e. The van der Waals surface area contributed by atoms with Crippen molar-refractivity contribution in [2.24, 2.45) is 11.8 Å². The van der Waals surface area contributed by atoms with Crippen LogP contribution in [-0.2, 0) is 9.59 Å². The van der Waals surface area contributed by atoms with Crippen LogP contribution in [0, 0.1) is 11.8 Å². The number of carbonyl (C=O) groups is 2. The Balaban J connectivity index is 3.04. The van der Waals surface area contributed by atoms with E-state index in [1.54, 1.807) is 6.92 Å². The van der Waals surface area contributed by atoms with Crippen LogP contribution in [0.4, 0.5) is 17.6 Å². The van der Waals surface area contributed by atoms with E-state index in [2.05, 4.69) is 0 Å². The highest BCUT2D eigenvalue weighted by Crippen LogP contribution is 2.33. The van der Waals surface area contributed by atoms with E-state index in [0.717, 1.165) is 6.92 Å². The van der Waals surface area contributed by atoms with E-state index in [-0.39, 0.29) is 36.9 Å². The molecular formula is C22H33F4N2O2P. The van der Waals surface area contributed by atoms with Crippen molar-refractivity contribution in [3.63, 3.8) is 0 Å². The Morgan fingerprint density at radius 2 is 2.03 bits per heavy atom. The minimum atomic E-state index is -3.15. The number of alkyl halides is 4. The van der Waals surface area contributed by atoms with Crippen LogP contribution >= 0.6 is 9.24 Å². The molecule has 4 unspecified atom stereocenters. The van der Waals surface area contributed by atoms with Crippen LogP contribution in [0.25, 0.3) is 0 Å². The van der Waals surface area contributed by atoms with Crippen molar-refractivity contribution in [1.82, 2.24) is 9.80 Å². The number of carbonyl (C=O) groups excluding carboxylic acids is 2. The number of amides is 2. The van der Waals surface area contributed by atoms with Crippen molar-refractivity contribution < 1.29 is 27.2 Å². The Morgan fingerprint density at radius 3 is 2.52 bits per heavy atom. The van der Waals surface area contributed by atoms with Crippen molar-refractivity contribution >= 4 is 21.1 Å². The third kappa shape index (κ3) is 8.40. The quantitative estimate of drug-likeness (QED) is 0.189. The molecule has 1 rings (SSSR count). The predicted octanol–water partition coefficient (Wildman–Crippen LogP) is 4.89. The van der Waals surface area contributed by atoms with Gasteiger partial charge in [-0.15, -0.1) is 9.24 Å². The minimum absolute atomic E-state index is 0.0201. The standard InChI is InChI=1S/C22H33F4N2O2P/c1-5-16(12-18(22(4,25)26)11-15(3)21(24)31)17-13-20(30)28(14-17)9-7-19(29)27(6-2)10-8-23/h7,9,11-12,15,17,21H,5-6,8,10,13-14,31H2,1-4H3/b9-7+,16-12+,18-11+. The number of hydrogen-bond acceptors (Lipinski definition) is 2. The van der Waals surface area contributed by atoms with Gasteiger partial charge >= 0.3 is 0 Å². The van der Waals surface area contributed by atoms with Crippen LogP contribution in [0.2, 0.25) is 0 Å². The van der Waals surface area contributed by atoms with Gasteiger partial charge < -0.3 is 9.80 Å². The van der Waals surface area contributed by atoms with Gasteiger partial charge in [0.15, 0.2) is 0 Å². The second-order valence-electron chi connectivity index (χ2n) is 7.76. The first-order chi connectivity index (χ1) is 14.4. The predicted molar refractivity (Wildman–Crippen MR) is 118 cm³/mol. The molecule has 1 aliphatic heterocycles. The number of likely N-dealkylation sites (tertiary alicyclic amines) is 1. The highest BCUT2D eigenvalue weighted by molar-refractivity contribution is 7.17. The number of hydrogen-bond donors (Lipinski definition) is 0. The van der Waals surface area contributed by atoms with E-state index >= 15 is 0 Å². The molecule has 9 heteroatoms. The molecule has 0 N–H and O–H groups in total. The fraction of sp³-hybridized carbons (Fsp3) is 0.636. The molecule has 4 atom stereocenters. The van der Waals surface area contributed by atoms with Crippen molar-refractivity contribution in [2.45, 2.75) is 52.4 Å². The largest absolute Gasteiger partial charge is 0.337 e. The average Bonchev–Trinajstić information content (AvgIpc) is 3.06. The molecule has 0 aromatic carbocycles. The van der Waals surface area contributed by atoms with Crippen molar-refractivity contribution in [1.29, 1.82) is 0 Å². The Kier molecular flexibility index (Phi) is 10.9. The summed E-state index contributed by atoms with van der Waals surface area (Å²) in [5, 5.41) is 0. The van der Waals surface area contributed by atoms with Crippen LogP contribution in [-0.4, -0.2) is 59.8 Å². The summed E-state index contributed by atoms with van der Waals surface area (Å²) in [5.41, 5.74) is 0.394. The third-order valence-electron chi connectivity index (χ3n) is 5.33. The number of allylic oxidation sites excluding steroid dienone is 3. The molecule has 1 fully saturated rings. The van der Waals surface area contributed by atoms with Gasteiger partial charge in [0.25, 0.3) is 5.92 Å². The summed E-state index contributed by atoms with van der Waals surface area (Å²) in [6.45, 7) is 5.77. The topological polar surface area (TPSA) is 40.6 Å². The zero-order valence-electron chi connectivity index (χ0n) is 18.6. The minimum Gasteiger partial charge on any atom is -0.337 e. The Hall–Kier alpha value is -1.69. The number of halogens is 4. The van der Waals surface area contributed by atoms with Gasteiger partial charge in [0.2, 0.25) is 11.8 Å². The molecule has 1 saturated heterocycles. The number of nitrogens with zero attached hydrogens (tertiary/aromatic N) is 2. The molecule has 0 radical (unpaired) electrons. The van der Waals surface area contributed by atoms with E-state index in [1.165, 1.54) is 41.2 Å². The van der Waals surface area contributed by atoms with Crippen molar-refractivity contribution in [2.75, 3.05) is 26.3 Å². The molecule has 0 spiro atoms. The molecular weight excluding hydrogens is 431 g/mol. The molecule has 176 valence electrons. The summed E-state index contributed by atoms with van der Waals surface area (Å²) in [6.07, 6.45) is 5.78.